The molecule has 0 bridgehead atoms. The predicted octanol–water partition coefficient (Wildman–Crippen LogP) is 2.43. The van der Waals surface area contributed by atoms with Crippen LogP contribution < -0.4 is 25.6 Å². The number of carbonyl (C=O) groups is 2. The zero-order valence-electron chi connectivity index (χ0n) is 17.8. The summed E-state index contributed by atoms with van der Waals surface area (Å²) in [5.41, 5.74) is 7.34. The standard InChI is InChI=1S/C22H27N3O5S/c1-4-28-9-10-29-18-7-5-17(6-8-18)21(27)23-22(31)25-24-20(26)14-30-19-12-15(2)11-16(3)13-19/h5-8,11-13H,4,9-10,14H2,1-3H3,(H,24,26)(H2,23,25,27,31). The molecule has 2 aromatic rings. The molecule has 2 aromatic carbocycles. The molecule has 0 atom stereocenters. The normalized spacial score (nSPS) is 10.2. The number of rotatable bonds is 9. The summed E-state index contributed by atoms with van der Waals surface area (Å²) in [6.45, 7) is 7.18. The van der Waals surface area contributed by atoms with Crippen molar-refractivity contribution in [2.75, 3.05) is 26.4 Å². The van der Waals surface area contributed by atoms with E-state index in [0.717, 1.165) is 11.1 Å². The number of thiocarbonyl (C=S) groups is 1. The first kappa shape index (κ1) is 24.1. The van der Waals surface area contributed by atoms with Gasteiger partial charge in [-0.15, -0.1) is 0 Å². The Morgan fingerprint density at radius 2 is 1.58 bits per heavy atom. The minimum absolute atomic E-state index is 0.0400. The first-order valence-corrected chi connectivity index (χ1v) is 10.2. The van der Waals surface area contributed by atoms with E-state index in [0.29, 0.717) is 36.9 Å². The summed E-state index contributed by atoms with van der Waals surface area (Å²) in [7, 11) is 0. The van der Waals surface area contributed by atoms with Crippen molar-refractivity contribution in [3.63, 3.8) is 0 Å². The van der Waals surface area contributed by atoms with Gasteiger partial charge in [-0.1, -0.05) is 6.07 Å². The first-order chi connectivity index (χ1) is 14.9. The van der Waals surface area contributed by atoms with Crippen LogP contribution in [0.3, 0.4) is 0 Å². The molecule has 9 heteroatoms. The van der Waals surface area contributed by atoms with E-state index in [9.17, 15) is 9.59 Å². The summed E-state index contributed by atoms with van der Waals surface area (Å²) >= 11 is 5.03. The molecule has 0 heterocycles. The number of amides is 2. The second kappa shape index (κ2) is 12.5. The Kier molecular flexibility index (Phi) is 9.73. The van der Waals surface area contributed by atoms with Gasteiger partial charge in [-0.2, -0.15) is 0 Å². The fourth-order valence-electron chi connectivity index (χ4n) is 2.60. The van der Waals surface area contributed by atoms with E-state index < -0.39 is 11.8 Å². The van der Waals surface area contributed by atoms with E-state index >= 15 is 0 Å². The lowest BCUT2D eigenvalue weighted by Crippen LogP contribution is -2.49. The number of hydrogen-bond acceptors (Lipinski definition) is 6. The van der Waals surface area contributed by atoms with Gasteiger partial charge in [-0.3, -0.25) is 25.8 Å². The van der Waals surface area contributed by atoms with Crippen molar-refractivity contribution < 1.29 is 23.8 Å². The van der Waals surface area contributed by atoms with Crippen molar-refractivity contribution in [2.24, 2.45) is 0 Å². The second-order valence-electron chi connectivity index (χ2n) is 6.64. The van der Waals surface area contributed by atoms with E-state index in [4.69, 9.17) is 26.4 Å². The molecule has 0 radical (unpaired) electrons. The lowest BCUT2D eigenvalue weighted by molar-refractivity contribution is -0.123. The average Bonchev–Trinajstić information content (AvgIpc) is 2.73. The van der Waals surface area contributed by atoms with Gasteiger partial charge < -0.3 is 14.2 Å². The van der Waals surface area contributed by atoms with Crippen LogP contribution in [-0.4, -0.2) is 43.4 Å². The number of hydrazine groups is 1. The number of aryl methyl sites for hydroxylation is 2. The third-order valence-electron chi connectivity index (χ3n) is 3.92. The third kappa shape index (κ3) is 9.02. The maximum absolute atomic E-state index is 12.2. The van der Waals surface area contributed by atoms with Crippen molar-refractivity contribution in [2.45, 2.75) is 20.8 Å². The first-order valence-electron chi connectivity index (χ1n) is 9.79. The Morgan fingerprint density at radius 3 is 2.23 bits per heavy atom. The van der Waals surface area contributed by atoms with Gasteiger partial charge in [0.25, 0.3) is 11.8 Å². The fraction of sp³-hybridized carbons (Fsp3) is 0.318. The summed E-state index contributed by atoms with van der Waals surface area (Å²) in [6.07, 6.45) is 0. The van der Waals surface area contributed by atoms with E-state index in [1.807, 2.05) is 39.0 Å². The fourth-order valence-corrected chi connectivity index (χ4v) is 2.74. The van der Waals surface area contributed by atoms with Gasteiger partial charge in [0.2, 0.25) is 0 Å². The molecular formula is C22H27N3O5S. The Morgan fingerprint density at radius 1 is 0.903 bits per heavy atom. The van der Waals surface area contributed by atoms with Crippen molar-refractivity contribution in [1.29, 1.82) is 0 Å². The summed E-state index contributed by atoms with van der Waals surface area (Å²) in [4.78, 5) is 24.2. The quantitative estimate of drug-likeness (QED) is 0.310. The van der Waals surface area contributed by atoms with Gasteiger partial charge in [-0.05, 0) is 80.5 Å². The summed E-state index contributed by atoms with van der Waals surface area (Å²) in [6, 6.07) is 12.3. The van der Waals surface area contributed by atoms with Crippen molar-refractivity contribution >= 4 is 29.1 Å². The van der Waals surface area contributed by atoms with Gasteiger partial charge in [0.15, 0.2) is 11.7 Å². The SMILES string of the molecule is CCOCCOc1ccc(C(=O)NC(=S)NNC(=O)COc2cc(C)cc(C)c2)cc1. The molecule has 31 heavy (non-hydrogen) atoms. The molecule has 0 fully saturated rings. The molecule has 0 aliphatic carbocycles. The van der Waals surface area contributed by atoms with Crippen LogP contribution in [0.5, 0.6) is 11.5 Å². The second-order valence-corrected chi connectivity index (χ2v) is 7.05. The van der Waals surface area contributed by atoms with Crippen molar-refractivity contribution in [3.8, 4) is 11.5 Å². The van der Waals surface area contributed by atoms with Crippen LogP contribution in [0.1, 0.15) is 28.4 Å². The van der Waals surface area contributed by atoms with E-state index in [2.05, 4.69) is 16.2 Å². The van der Waals surface area contributed by atoms with E-state index in [1.165, 1.54) is 0 Å². The van der Waals surface area contributed by atoms with Gasteiger partial charge in [0.05, 0.1) is 6.61 Å². The molecule has 8 nitrogen and oxygen atoms in total. The van der Waals surface area contributed by atoms with Crippen LogP contribution in [-0.2, 0) is 9.53 Å². The monoisotopic (exact) mass is 445 g/mol. The minimum Gasteiger partial charge on any atom is -0.491 e. The maximum Gasteiger partial charge on any atom is 0.276 e. The molecule has 0 spiro atoms. The van der Waals surface area contributed by atoms with Crippen LogP contribution in [0, 0.1) is 13.8 Å². The Balaban J connectivity index is 1.71. The zero-order chi connectivity index (χ0) is 22.6. The summed E-state index contributed by atoms with van der Waals surface area (Å²) < 4.78 is 16.2. The molecule has 0 unspecified atom stereocenters. The highest BCUT2D eigenvalue weighted by Gasteiger charge is 2.09. The van der Waals surface area contributed by atoms with Crippen molar-refractivity contribution in [1.82, 2.24) is 16.2 Å². The molecule has 0 saturated carbocycles. The topological polar surface area (TPSA) is 97.9 Å². The van der Waals surface area contributed by atoms with Gasteiger partial charge in [-0.25, -0.2) is 0 Å². The molecule has 0 saturated heterocycles. The Labute approximate surface area is 187 Å². The molecule has 3 N–H and O–H groups in total. The lowest BCUT2D eigenvalue weighted by Gasteiger charge is -2.12. The minimum atomic E-state index is -0.440. The largest absolute Gasteiger partial charge is 0.491 e. The predicted molar refractivity (Wildman–Crippen MR) is 121 cm³/mol. The van der Waals surface area contributed by atoms with Gasteiger partial charge >= 0.3 is 0 Å². The van der Waals surface area contributed by atoms with Crippen LogP contribution in [0.15, 0.2) is 42.5 Å². The Hall–Kier alpha value is -3.17. The molecule has 2 rings (SSSR count). The van der Waals surface area contributed by atoms with Crippen LogP contribution in [0.2, 0.25) is 0 Å². The number of benzene rings is 2. The Bertz CT molecular complexity index is 882. The number of carbonyl (C=O) groups excluding carboxylic acids is 2. The lowest BCUT2D eigenvalue weighted by atomic mass is 10.1. The number of hydrogen-bond donors (Lipinski definition) is 3. The molecule has 166 valence electrons. The highest BCUT2D eigenvalue weighted by Crippen LogP contribution is 2.16. The van der Waals surface area contributed by atoms with Crippen LogP contribution in [0.25, 0.3) is 0 Å². The molecule has 0 aliphatic rings. The molecule has 0 aliphatic heterocycles. The van der Waals surface area contributed by atoms with Crippen LogP contribution >= 0.6 is 12.2 Å². The summed E-state index contributed by atoms with van der Waals surface area (Å²) in [5, 5.41) is 2.44. The van der Waals surface area contributed by atoms with Crippen LogP contribution in [0.4, 0.5) is 0 Å². The smallest absolute Gasteiger partial charge is 0.276 e. The number of ether oxygens (including phenoxy) is 3. The molecular weight excluding hydrogens is 418 g/mol. The molecule has 0 aromatic heterocycles. The molecule has 2 amide bonds. The highest BCUT2D eigenvalue weighted by molar-refractivity contribution is 7.80. The zero-order valence-corrected chi connectivity index (χ0v) is 18.6. The third-order valence-corrected chi connectivity index (χ3v) is 4.13. The maximum atomic E-state index is 12.2. The highest BCUT2D eigenvalue weighted by atomic mass is 32.1. The van der Waals surface area contributed by atoms with E-state index in [-0.39, 0.29) is 11.7 Å². The van der Waals surface area contributed by atoms with Gasteiger partial charge in [0, 0.05) is 12.2 Å². The van der Waals surface area contributed by atoms with Gasteiger partial charge in [0.1, 0.15) is 18.1 Å². The van der Waals surface area contributed by atoms with Crippen molar-refractivity contribution in [3.05, 3.63) is 59.2 Å². The summed E-state index contributed by atoms with van der Waals surface area (Å²) in [5.74, 6) is 0.380. The number of nitrogens with one attached hydrogen (secondary N) is 3. The average molecular weight is 446 g/mol. The van der Waals surface area contributed by atoms with E-state index in [1.54, 1.807) is 24.3 Å².